The lowest BCUT2D eigenvalue weighted by molar-refractivity contribution is -0.0523. The van der Waals surface area contributed by atoms with Gasteiger partial charge >= 0.3 is 6.09 Å². The molecule has 0 radical (unpaired) electrons. The van der Waals surface area contributed by atoms with Crippen molar-refractivity contribution in [2.45, 2.75) is 71.9 Å². The van der Waals surface area contributed by atoms with Crippen molar-refractivity contribution in [1.29, 1.82) is 0 Å². The molecule has 2 aliphatic rings. The highest BCUT2D eigenvalue weighted by atomic mass is 16.7. The summed E-state index contributed by atoms with van der Waals surface area (Å²) < 4.78 is 43.5. The predicted molar refractivity (Wildman–Crippen MR) is 287 cm³/mol. The molecule has 4 aromatic carbocycles. The molecule has 0 N–H and O–H groups in total. The molecule has 0 atom stereocenters. The normalized spacial score (nSPS) is 14.4. The summed E-state index contributed by atoms with van der Waals surface area (Å²) in [5, 5.41) is 1.93. The molecule has 16 nitrogen and oxygen atoms in total. The van der Waals surface area contributed by atoms with Crippen LogP contribution in [0.3, 0.4) is 0 Å². The molecule has 0 unspecified atom stereocenters. The third kappa shape index (κ3) is 14.2. The molecule has 75 heavy (non-hydrogen) atoms. The van der Waals surface area contributed by atoms with E-state index in [1.54, 1.807) is 22.0 Å². The van der Waals surface area contributed by atoms with E-state index >= 15 is 0 Å². The van der Waals surface area contributed by atoms with Crippen molar-refractivity contribution in [2.75, 3.05) is 60.0 Å². The molecule has 0 bridgehead atoms. The maximum atomic E-state index is 13.9. The van der Waals surface area contributed by atoms with Crippen molar-refractivity contribution >= 4 is 27.9 Å². The minimum absolute atomic E-state index is 0.0157. The maximum Gasteiger partial charge on any atom is 0.410 e. The van der Waals surface area contributed by atoms with Crippen LogP contribution in [0.15, 0.2) is 164 Å². The summed E-state index contributed by atoms with van der Waals surface area (Å²) in [6.07, 6.45) is 2.60. The van der Waals surface area contributed by atoms with Gasteiger partial charge in [-0.1, -0.05) is 36.4 Å². The first-order valence-electron chi connectivity index (χ1n) is 25.4. The fraction of sp³-hybridized carbons (Fsp3) is 0.339. The molecule has 2 saturated heterocycles. The second kappa shape index (κ2) is 24.3. The number of nitrogens with zero attached hydrogens (tertiary/aromatic N) is 6. The predicted octanol–water partition coefficient (Wildman–Crippen LogP) is 9.96. The van der Waals surface area contributed by atoms with Gasteiger partial charge < -0.3 is 46.6 Å². The molecule has 0 spiro atoms. The van der Waals surface area contributed by atoms with Crippen LogP contribution < -0.4 is 20.6 Å². The van der Waals surface area contributed by atoms with E-state index in [9.17, 15) is 14.4 Å². The largest absolute Gasteiger partial charge is 0.468 e. The van der Waals surface area contributed by atoms with Gasteiger partial charge in [-0.05, 0) is 131 Å². The smallest absolute Gasteiger partial charge is 0.410 e. The number of ether oxygens (including phenoxy) is 5. The molecule has 0 saturated carbocycles. The molecule has 8 aromatic rings. The van der Waals surface area contributed by atoms with Crippen LogP contribution in [-0.2, 0) is 53.5 Å². The molecular weight excluding hydrogens is 953 g/mol. The topological polar surface area (TPSA) is 146 Å². The molecule has 392 valence electrons. The minimum Gasteiger partial charge on any atom is -0.468 e. The molecule has 2 fully saturated rings. The van der Waals surface area contributed by atoms with Crippen molar-refractivity contribution in [2.24, 2.45) is 0 Å². The third-order valence-corrected chi connectivity index (χ3v) is 12.8. The van der Waals surface area contributed by atoms with Crippen molar-refractivity contribution in [3.05, 3.63) is 189 Å². The number of hydrogen-bond acceptors (Lipinski definition) is 13. The van der Waals surface area contributed by atoms with E-state index < -0.39 is 11.9 Å². The van der Waals surface area contributed by atoms with Gasteiger partial charge in [0.25, 0.3) is 11.1 Å². The summed E-state index contributed by atoms with van der Waals surface area (Å²) in [6, 6.07) is 42.4. The molecule has 16 heteroatoms. The van der Waals surface area contributed by atoms with E-state index in [0.29, 0.717) is 89.2 Å². The number of pyridine rings is 2. The molecule has 1 amide bonds. The zero-order valence-corrected chi connectivity index (χ0v) is 43.4. The number of fused-ring (bicyclic) bond motifs is 2. The van der Waals surface area contributed by atoms with Crippen LogP contribution in [0.5, 0.6) is 23.0 Å². The molecular formula is C59H66N6O10. The van der Waals surface area contributed by atoms with Gasteiger partial charge in [0.1, 0.15) is 40.1 Å². The van der Waals surface area contributed by atoms with Gasteiger partial charge in [0, 0.05) is 75.6 Å². The van der Waals surface area contributed by atoms with Crippen molar-refractivity contribution in [3.63, 3.8) is 0 Å². The zero-order chi connectivity index (χ0) is 52.3. The lowest BCUT2D eigenvalue weighted by Gasteiger charge is -2.35. The van der Waals surface area contributed by atoms with E-state index in [1.807, 2.05) is 173 Å². The molecule has 0 aliphatic carbocycles. The summed E-state index contributed by atoms with van der Waals surface area (Å²) in [6.45, 7) is 13.1. The van der Waals surface area contributed by atoms with Gasteiger partial charge in [0.15, 0.2) is 6.29 Å². The number of benzene rings is 4. The molecule has 6 heterocycles. The van der Waals surface area contributed by atoms with E-state index in [0.717, 1.165) is 63.5 Å². The maximum absolute atomic E-state index is 13.9. The van der Waals surface area contributed by atoms with E-state index in [-0.39, 0.29) is 17.2 Å². The molecule has 2 aliphatic heterocycles. The third-order valence-electron chi connectivity index (χ3n) is 12.8. The number of aromatic nitrogens is 2. The van der Waals surface area contributed by atoms with E-state index in [2.05, 4.69) is 14.7 Å². The highest BCUT2D eigenvalue weighted by Gasteiger charge is 2.26. The summed E-state index contributed by atoms with van der Waals surface area (Å²) in [5.41, 5.74) is 2.44. The van der Waals surface area contributed by atoms with E-state index in [1.165, 1.54) is 0 Å². The Labute approximate surface area is 436 Å². The number of furan rings is 2. The summed E-state index contributed by atoms with van der Waals surface area (Å²) in [7, 11) is 3.95. The number of amides is 1. The Kier molecular flexibility index (Phi) is 16.9. The number of carbonyl (C=O) groups is 1. The fourth-order valence-electron chi connectivity index (χ4n) is 9.24. The summed E-state index contributed by atoms with van der Waals surface area (Å²) in [5.74, 6) is 4.53. The number of para-hydroxylation sites is 2. The molecule has 4 aromatic heterocycles. The van der Waals surface area contributed by atoms with Crippen molar-refractivity contribution in [3.8, 4) is 23.0 Å². The Balaban J connectivity index is 0.000000189. The van der Waals surface area contributed by atoms with Crippen molar-refractivity contribution < 1.29 is 37.3 Å². The Bertz CT molecular complexity index is 3230. The number of rotatable bonds is 17. The van der Waals surface area contributed by atoms with Gasteiger partial charge in [0.05, 0.1) is 56.4 Å². The van der Waals surface area contributed by atoms with Gasteiger partial charge in [0.2, 0.25) is 0 Å². The second-order valence-corrected chi connectivity index (χ2v) is 20.0. The fourth-order valence-corrected chi connectivity index (χ4v) is 9.24. The van der Waals surface area contributed by atoms with Crippen LogP contribution in [-0.4, -0.2) is 107 Å². The van der Waals surface area contributed by atoms with Gasteiger partial charge in [-0.2, -0.15) is 0 Å². The Hall–Kier alpha value is -7.47. The van der Waals surface area contributed by atoms with Gasteiger partial charge in [-0.15, -0.1) is 0 Å². The SMILES string of the molecule is CN(Cc1ccco1)Cc1cc2ccc(Oc3ccccc3)cc2n(CC2OCCO2)c1=O.CN(Cc1ccco1)Cc1cc2ccc(Oc3ccccc3)cc2n(CCN2CCN(C(=O)OC(C)(C)C)CC2)c1=O. The van der Waals surface area contributed by atoms with Crippen LogP contribution in [0.1, 0.15) is 43.4 Å². The Morgan fingerprint density at radius 3 is 1.55 bits per heavy atom. The number of piperazine rings is 1. The zero-order valence-electron chi connectivity index (χ0n) is 43.4. The van der Waals surface area contributed by atoms with Crippen LogP contribution in [0, 0.1) is 0 Å². The first-order chi connectivity index (χ1) is 36.3. The molecule has 10 rings (SSSR count). The summed E-state index contributed by atoms with van der Waals surface area (Å²) in [4.78, 5) is 48.1. The lowest BCUT2D eigenvalue weighted by atomic mass is 10.1. The highest BCUT2D eigenvalue weighted by molar-refractivity contribution is 5.82. The lowest BCUT2D eigenvalue weighted by Crippen LogP contribution is -2.50. The van der Waals surface area contributed by atoms with Crippen LogP contribution >= 0.6 is 0 Å². The van der Waals surface area contributed by atoms with Crippen LogP contribution in [0.25, 0.3) is 21.8 Å². The van der Waals surface area contributed by atoms with Crippen molar-refractivity contribution in [1.82, 2.24) is 28.7 Å². The minimum atomic E-state index is -0.517. The van der Waals surface area contributed by atoms with Gasteiger partial charge in [-0.3, -0.25) is 24.3 Å². The standard InChI is InChI=1S/C33H40N4O5.C26H26N2O5/c1-33(2,3)42-32(39)36-17-14-35(15-18-36)16-19-37-30-22-28(41-27-9-6-5-7-10-27)13-12-25(30)21-26(31(37)38)23-34(4)24-29-11-8-20-40-29;1-27(17-23-8-5-11-30-23)16-20-14-19-9-10-22(33-21-6-3-2-4-7-21)15-24(19)28(26(20)29)18-25-31-12-13-32-25/h5-13,20-22H,14-19,23-24H2,1-4H3;2-11,14-15,25H,12-13,16-18H2,1H3. The van der Waals surface area contributed by atoms with Crippen LogP contribution in [0.2, 0.25) is 0 Å². The average Bonchev–Trinajstić information content (AvgIpc) is 4.23. The Morgan fingerprint density at radius 2 is 1.07 bits per heavy atom. The highest BCUT2D eigenvalue weighted by Crippen LogP contribution is 2.28. The first-order valence-corrected chi connectivity index (χ1v) is 25.4. The monoisotopic (exact) mass is 1020 g/mol. The quantitative estimate of drug-likeness (QED) is 0.0854. The number of hydrogen-bond donors (Lipinski definition) is 0. The Morgan fingerprint density at radius 1 is 0.573 bits per heavy atom. The van der Waals surface area contributed by atoms with E-state index in [4.69, 9.17) is 32.5 Å². The second-order valence-electron chi connectivity index (χ2n) is 20.0. The number of carbonyl (C=O) groups excluding carboxylic acids is 1. The van der Waals surface area contributed by atoms with Gasteiger partial charge in [-0.25, -0.2) is 4.79 Å². The average molecular weight is 1020 g/mol. The summed E-state index contributed by atoms with van der Waals surface area (Å²) >= 11 is 0. The van der Waals surface area contributed by atoms with Crippen LogP contribution in [0.4, 0.5) is 4.79 Å². The first kappa shape index (κ1) is 52.4.